The molecule has 1 saturated heterocycles. The summed E-state index contributed by atoms with van der Waals surface area (Å²) in [6, 6.07) is 12.0. The Morgan fingerprint density at radius 3 is 2.62 bits per heavy atom. The molecule has 2 aromatic rings. The van der Waals surface area contributed by atoms with Crippen molar-refractivity contribution < 1.29 is 18.8 Å². The first-order valence-electron chi connectivity index (χ1n) is 7.49. The van der Waals surface area contributed by atoms with E-state index in [-0.39, 0.29) is 4.91 Å². The molecule has 0 spiro atoms. The first kappa shape index (κ1) is 18.2. The van der Waals surface area contributed by atoms with E-state index in [2.05, 4.69) is 5.32 Å². The highest BCUT2D eigenvalue weighted by atomic mass is 35.5. The van der Waals surface area contributed by atoms with Gasteiger partial charge in [0.1, 0.15) is 12.4 Å². The number of carbonyl (C=O) groups is 3. The van der Waals surface area contributed by atoms with Gasteiger partial charge >= 0.3 is 0 Å². The number of halogens is 2. The average Bonchev–Trinajstić information content (AvgIpc) is 2.84. The number of imide groups is 1. The summed E-state index contributed by atoms with van der Waals surface area (Å²) in [7, 11) is 0. The van der Waals surface area contributed by atoms with Crippen LogP contribution >= 0.6 is 23.4 Å². The molecule has 1 heterocycles. The van der Waals surface area contributed by atoms with E-state index in [1.165, 1.54) is 24.3 Å². The van der Waals surface area contributed by atoms with Crippen molar-refractivity contribution in [3.05, 3.63) is 69.8 Å². The normalized spacial score (nSPS) is 15.6. The van der Waals surface area contributed by atoms with E-state index in [9.17, 15) is 18.8 Å². The lowest BCUT2D eigenvalue weighted by Gasteiger charge is -2.12. The molecule has 1 aliphatic heterocycles. The van der Waals surface area contributed by atoms with E-state index in [0.29, 0.717) is 16.3 Å². The van der Waals surface area contributed by atoms with Gasteiger partial charge in [0, 0.05) is 10.7 Å². The molecule has 3 rings (SSSR count). The molecule has 5 nitrogen and oxygen atoms in total. The van der Waals surface area contributed by atoms with Gasteiger partial charge in [-0.3, -0.25) is 19.3 Å². The fraction of sp³-hybridized carbons (Fsp3) is 0.0556. The van der Waals surface area contributed by atoms with E-state index < -0.39 is 29.4 Å². The highest BCUT2D eigenvalue weighted by molar-refractivity contribution is 8.18. The highest BCUT2D eigenvalue weighted by Crippen LogP contribution is 2.32. The third kappa shape index (κ3) is 4.30. The SMILES string of the molecule is O=C(CN1C(=O)S/C(=C\c2cccc(Cl)c2)C1=O)Nc1ccc(F)cc1. The van der Waals surface area contributed by atoms with Crippen LogP contribution in [0.3, 0.4) is 0 Å². The minimum Gasteiger partial charge on any atom is -0.325 e. The Morgan fingerprint density at radius 1 is 1.19 bits per heavy atom. The lowest BCUT2D eigenvalue weighted by atomic mass is 10.2. The Balaban J connectivity index is 1.69. The first-order chi connectivity index (χ1) is 12.4. The van der Waals surface area contributed by atoms with Crippen LogP contribution in [-0.4, -0.2) is 28.5 Å². The Morgan fingerprint density at radius 2 is 1.92 bits per heavy atom. The molecule has 3 amide bonds. The number of nitrogens with one attached hydrogen (secondary N) is 1. The van der Waals surface area contributed by atoms with Crippen molar-refractivity contribution in [2.45, 2.75) is 0 Å². The molecule has 2 aromatic carbocycles. The average molecular weight is 391 g/mol. The van der Waals surface area contributed by atoms with Gasteiger partial charge in [0.15, 0.2) is 0 Å². The maximum Gasteiger partial charge on any atom is 0.294 e. The van der Waals surface area contributed by atoms with Crippen molar-refractivity contribution in [2.75, 3.05) is 11.9 Å². The van der Waals surface area contributed by atoms with Crippen LogP contribution in [0.2, 0.25) is 5.02 Å². The number of thioether (sulfide) groups is 1. The fourth-order valence-corrected chi connectivity index (χ4v) is 3.30. The lowest BCUT2D eigenvalue weighted by molar-refractivity contribution is -0.127. The Labute approximate surface area is 157 Å². The van der Waals surface area contributed by atoms with E-state index >= 15 is 0 Å². The van der Waals surface area contributed by atoms with Gasteiger partial charge in [-0.1, -0.05) is 23.7 Å². The number of nitrogens with zero attached hydrogens (tertiary/aromatic N) is 1. The minimum absolute atomic E-state index is 0.215. The molecular weight excluding hydrogens is 379 g/mol. The lowest BCUT2D eigenvalue weighted by Crippen LogP contribution is -2.36. The third-order valence-corrected chi connectivity index (χ3v) is 4.59. The van der Waals surface area contributed by atoms with E-state index in [0.717, 1.165) is 16.7 Å². The molecule has 1 N–H and O–H groups in total. The van der Waals surface area contributed by atoms with Gasteiger partial charge in [-0.25, -0.2) is 4.39 Å². The van der Waals surface area contributed by atoms with E-state index in [4.69, 9.17) is 11.6 Å². The minimum atomic E-state index is -0.553. The summed E-state index contributed by atoms with van der Waals surface area (Å²) in [5.41, 5.74) is 1.05. The predicted molar refractivity (Wildman–Crippen MR) is 99.2 cm³/mol. The summed E-state index contributed by atoms with van der Waals surface area (Å²) in [6.45, 7) is -0.422. The van der Waals surface area contributed by atoms with Crippen molar-refractivity contribution in [1.82, 2.24) is 4.90 Å². The van der Waals surface area contributed by atoms with Gasteiger partial charge in [0.2, 0.25) is 5.91 Å². The highest BCUT2D eigenvalue weighted by Gasteiger charge is 2.36. The second-order valence-electron chi connectivity index (χ2n) is 5.38. The zero-order chi connectivity index (χ0) is 18.7. The maximum atomic E-state index is 12.9. The molecule has 0 radical (unpaired) electrons. The summed E-state index contributed by atoms with van der Waals surface area (Å²) in [6.07, 6.45) is 1.55. The predicted octanol–water partition coefficient (Wildman–Crippen LogP) is 4.15. The van der Waals surface area contributed by atoms with Crippen LogP contribution in [0, 0.1) is 5.82 Å². The molecule has 26 heavy (non-hydrogen) atoms. The van der Waals surface area contributed by atoms with E-state index in [1.54, 1.807) is 30.3 Å². The number of benzene rings is 2. The van der Waals surface area contributed by atoms with Crippen LogP contribution in [0.4, 0.5) is 14.9 Å². The molecule has 0 saturated carbocycles. The molecule has 0 atom stereocenters. The van der Waals surface area contributed by atoms with Crippen LogP contribution in [-0.2, 0) is 9.59 Å². The van der Waals surface area contributed by atoms with Gasteiger partial charge in [-0.15, -0.1) is 0 Å². The summed E-state index contributed by atoms with van der Waals surface area (Å²) < 4.78 is 12.9. The molecule has 132 valence electrons. The summed E-state index contributed by atoms with van der Waals surface area (Å²) in [5.74, 6) is -1.53. The van der Waals surface area contributed by atoms with Crippen LogP contribution in [0.25, 0.3) is 6.08 Å². The molecule has 0 bridgehead atoms. The smallest absolute Gasteiger partial charge is 0.294 e. The fourth-order valence-electron chi connectivity index (χ4n) is 2.26. The second kappa shape index (κ2) is 7.72. The Kier molecular flexibility index (Phi) is 5.39. The Bertz CT molecular complexity index is 915. The van der Waals surface area contributed by atoms with Crippen molar-refractivity contribution in [3.8, 4) is 0 Å². The molecular formula is C18H12ClFN2O3S. The molecule has 0 aliphatic carbocycles. The van der Waals surface area contributed by atoms with Gasteiger partial charge in [0.25, 0.3) is 11.1 Å². The van der Waals surface area contributed by atoms with Gasteiger partial charge in [-0.05, 0) is 59.8 Å². The van der Waals surface area contributed by atoms with Crippen molar-refractivity contribution >= 4 is 52.2 Å². The van der Waals surface area contributed by atoms with Crippen molar-refractivity contribution in [2.24, 2.45) is 0 Å². The Hall–Kier alpha value is -2.64. The van der Waals surface area contributed by atoms with Gasteiger partial charge in [0.05, 0.1) is 4.91 Å². The maximum absolute atomic E-state index is 12.9. The third-order valence-electron chi connectivity index (χ3n) is 3.45. The molecule has 1 aliphatic rings. The largest absolute Gasteiger partial charge is 0.325 e. The topological polar surface area (TPSA) is 66.5 Å². The van der Waals surface area contributed by atoms with Crippen LogP contribution in [0.5, 0.6) is 0 Å². The standard InChI is InChI=1S/C18H12ClFN2O3S/c19-12-3-1-2-11(8-12)9-15-17(24)22(18(25)26-15)10-16(23)21-14-6-4-13(20)5-7-14/h1-9H,10H2,(H,21,23)/b15-9-. The summed E-state index contributed by atoms with van der Waals surface area (Å²) in [5, 5.41) is 2.49. The summed E-state index contributed by atoms with van der Waals surface area (Å²) >= 11 is 6.66. The number of hydrogen-bond acceptors (Lipinski definition) is 4. The van der Waals surface area contributed by atoms with Crippen LogP contribution in [0.15, 0.2) is 53.4 Å². The van der Waals surface area contributed by atoms with Crippen molar-refractivity contribution in [3.63, 3.8) is 0 Å². The second-order valence-corrected chi connectivity index (χ2v) is 6.81. The molecule has 0 unspecified atom stereocenters. The number of carbonyl (C=O) groups excluding carboxylic acids is 3. The zero-order valence-corrected chi connectivity index (χ0v) is 14.8. The van der Waals surface area contributed by atoms with E-state index in [1.807, 2.05) is 0 Å². The molecule has 1 fully saturated rings. The van der Waals surface area contributed by atoms with Gasteiger partial charge < -0.3 is 5.32 Å². The van der Waals surface area contributed by atoms with Crippen LogP contribution < -0.4 is 5.32 Å². The summed E-state index contributed by atoms with van der Waals surface area (Å²) in [4.78, 5) is 37.6. The van der Waals surface area contributed by atoms with Crippen LogP contribution in [0.1, 0.15) is 5.56 Å². The zero-order valence-electron chi connectivity index (χ0n) is 13.2. The number of anilines is 1. The quantitative estimate of drug-likeness (QED) is 0.796. The molecule has 8 heteroatoms. The number of rotatable bonds is 4. The van der Waals surface area contributed by atoms with Crippen molar-refractivity contribution in [1.29, 1.82) is 0 Å². The first-order valence-corrected chi connectivity index (χ1v) is 8.68. The van der Waals surface area contributed by atoms with Gasteiger partial charge in [-0.2, -0.15) is 0 Å². The monoisotopic (exact) mass is 390 g/mol. The molecule has 0 aromatic heterocycles. The number of amides is 3. The number of hydrogen-bond donors (Lipinski definition) is 1.